The summed E-state index contributed by atoms with van der Waals surface area (Å²) in [6.45, 7) is 0.724. The first kappa shape index (κ1) is 16.0. The number of aromatic nitrogens is 2. The summed E-state index contributed by atoms with van der Waals surface area (Å²) in [5.41, 5.74) is 1.69. The molecule has 0 bridgehead atoms. The van der Waals surface area contributed by atoms with Crippen LogP contribution in [0.5, 0.6) is 11.6 Å². The average molecular weight is 350 g/mol. The normalized spacial score (nSPS) is 13.3. The minimum Gasteiger partial charge on any atom is -0.438 e. The number of benzene rings is 2. The molecule has 0 fully saturated rings. The minimum atomic E-state index is 0.00647. The summed E-state index contributed by atoms with van der Waals surface area (Å²) in [4.78, 5) is 17.7. The number of ether oxygens (including phenoxy) is 1. The Labute approximate surface area is 150 Å². The summed E-state index contributed by atoms with van der Waals surface area (Å²) in [7, 11) is 0. The molecule has 0 unspecified atom stereocenters. The van der Waals surface area contributed by atoms with Gasteiger partial charge in [0, 0.05) is 18.7 Å². The second-order valence-electron chi connectivity index (χ2n) is 5.91. The van der Waals surface area contributed by atoms with Crippen molar-refractivity contribution in [3.63, 3.8) is 0 Å². The zero-order valence-corrected chi connectivity index (χ0v) is 14.5. The van der Waals surface area contributed by atoms with E-state index in [4.69, 9.17) is 4.74 Å². The van der Waals surface area contributed by atoms with Crippen LogP contribution >= 0.6 is 11.8 Å². The lowest BCUT2D eigenvalue weighted by atomic mass is 10.1. The van der Waals surface area contributed by atoms with Crippen molar-refractivity contribution in [2.45, 2.75) is 24.5 Å². The molecular formula is C20H18N2O2S. The second kappa shape index (κ2) is 7.15. The number of para-hydroxylation sites is 1. The highest BCUT2D eigenvalue weighted by Gasteiger charge is 2.21. The van der Waals surface area contributed by atoms with E-state index in [1.807, 2.05) is 60.7 Å². The van der Waals surface area contributed by atoms with Crippen molar-refractivity contribution in [2.24, 2.45) is 0 Å². The van der Waals surface area contributed by atoms with Gasteiger partial charge in [0.05, 0.1) is 5.56 Å². The summed E-state index contributed by atoms with van der Waals surface area (Å²) >= 11 is 1.61. The van der Waals surface area contributed by atoms with Gasteiger partial charge in [0.25, 0.3) is 5.56 Å². The van der Waals surface area contributed by atoms with Crippen LogP contribution in [-0.2, 0) is 13.0 Å². The van der Waals surface area contributed by atoms with Crippen LogP contribution in [0.15, 0.2) is 70.6 Å². The van der Waals surface area contributed by atoms with Gasteiger partial charge in [0.1, 0.15) is 5.75 Å². The van der Waals surface area contributed by atoms with Gasteiger partial charge in [0.2, 0.25) is 5.88 Å². The van der Waals surface area contributed by atoms with Gasteiger partial charge in [-0.05, 0) is 24.1 Å². The van der Waals surface area contributed by atoms with E-state index in [1.54, 1.807) is 16.3 Å². The topological polar surface area (TPSA) is 44.1 Å². The Hall–Kier alpha value is -2.53. The average Bonchev–Trinajstić information content (AvgIpc) is 2.67. The fourth-order valence-electron chi connectivity index (χ4n) is 2.89. The quantitative estimate of drug-likeness (QED) is 0.664. The molecule has 3 aromatic rings. The van der Waals surface area contributed by atoms with E-state index in [9.17, 15) is 4.79 Å². The van der Waals surface area contributed by atoms with E-state index in [2.05, 4.69) is 4.98 Å². The molecule has 1 aliphatic heterocycles. The zero-order valence-electron chi connectivity index (χ0n) is 13.7. The maximum Gasteiger partial charge on any atom is 0.261 e. The summed E-state index contributed by atoms with van der Waals surface area (Å²) in [5.74, 6) is 2.09. The number of hydrogen-bond acceptors (Lipinski definition) is 4. The number of nitrogens with zero attached hydrogens (tertiary/aromatic N) is 2. The first-order chi connectivity index (χ1) is 12.3. The maximum absolute atomic E-state index is 13.1. The Bertz CT molecular complexity index is 924. The van der Waals surface area contributed by atoms with E-state index in [-0.39, 0.29) is 5.56 Å². The molecule has 4 rings (SSSR count). The molecule has 25 heavy (non-hydrogen) atoms. The largest absolute Gasteiger partial charge is 0.438 e. The Morgan fingerprint density at radius 2 is 1.76 bits per heavy atom. The standard InChI is InChI=1S/C20H18N2O2S/c23-19-17(14-15-8-3-1-4-9-15)18(24-16-10-5-2-6-11-16)21-20-22(19)12-7-13-25-20/h1-6,8-11H,7,12-14H2. The van der Waals surface area contributed by atoms with Crippen molar-refractivity contribution < 1.29 is 4.74 Å². The van der Waals surface area contributed by atoms with Crippen molar-refractivity contribution >= 4 is 11.8 Å². The molecule has 0 radical (unpaired) electrons. The lowest BCUT2D eigenvalue weighted by Gasteiger charge is -2.20. The van der Waals surface area contributed by atoms with Crippen LogP contribution in [0.2, 0.25) is 0 Å². The van der Waals surface area contributed by atoms with Gasteiger partial charge in [-0.2, -0.15) is 4.98 Å². The van der Waals surface area contributed by atoms with E-state index < -0.39 is 0 Å². The molecule has 1 aliphatic rings. The predicted octanol–water partition coefficient (Wildman–Crippen LogP) is 4.12. The van der Waals surface area contributed by atoms with Crippen LogP contribution in [-0.4, -0.2) is 15.3 Å². The molecule has 0 aliphatic carbocycles. The van der Waals surface area contributed by atoms with Gasteiger partial charge >= 0.3 is 0 Å². The summed E-state index contributed by atoms with van der Waals surface area (Å²) in [6.07, 6.45) is 1.50. The number of thioether (sulfide) groups is 1. The van der Waals surface area contributed by atoms with Gasteiger partial charge < -0.3 is 4.74 Å². The highest BCUT2D eigenvalue weighted by Crippen LogP contribution is 2.28. The van der Waals surface area contributed by atoms with Crippen LogP contribution in [0.1, 0.15) is 17.5 Å². The molecule has 126 valence electrons. The Morgan fingerprint density at radius 3 is 2.52 bits per heavy atom. The van der Waals surface area contributed by atoms with Crippen molar-refractivity contribution in [3.05, 3.63) is 82.1 Å². The van der Waals surface area contributed by atoms with Crippen LogP contribution in [0, 0.1) is 0 Å². The molecule has 0 N–H and O–H groups in total. The van der Waals surface area contributed by atoms with E-state index in [0.29, 0.717) is 23.6 Å². The molecule has 1 aromatic heterocycles. The fourth-order valence-corrected chi connectivity index (χ4v) is 3.82. The SMILES string of the molecule is O=c1c(Cc2ccccc2)c(Oc2ccccc2)nc2n1CCCS2. The summed E-state index contributed by atoms with van der Waals surface area (Å²) in [6, 6.07) is 19.5. The van der Waals surface area contributed by atoms with Crippen molar-refractivity contribution in [1.29, 1.82) is 0 Å². The third-order valence-electron chi connectivity index (χ3n) is 4.13. The summed E-state index contributed by atoms with van der Waals surface area (Å²) in [5, 5.41) is 0.749. The maximum atomic E-state index is 13.1. The second-order valence-corrected chi connectivity index (χ2v) is 6.98. The third-order valence-corrected chi connectivity index (χ3v) is 5.19. The van der Waals surface area contributed by atoms with Crippen molar-refractivity contribution in [1.82, 2.24) is 9.55 Å². The van der Waals surface area contributed by atoms with Crippen LogP contribution in [0.3, 0.4) is 0 Å². The van der Waals surface area contributed by atoms with Gasteiger partial charge in [0.15, 0.2) is 5.16 Å². The Balaban J connectivity index is 1.80. The van der Waals surface area contributed by atoms with E-state index >= 15 is 0 Å². The van der Waals surface area contributed by atoms with Gasteiger partial charge in [-0.3, -0.25) is 9.36 Å². The van der Waals surface area contributed by atoms with Crippen LogP contribution in [0.25, 0.3) is 0 Å². The molecule has 0 spiro atoms. The molecule has 2 aromatic carbocycles. The van der Waals surface area contributed by atoms with Crippen molar-refractivity contribution in [2.75, 3.05) is 5.75 Å². The smallest absolute Gasteiger partial charge is 0.261 e. The van der Waals surface area contributed by atoms with Gasteiger partial charge in [-0.1, -0.05) is 60.3 Å². The highest BCUT2D eigenvalue weighted by atomic mass is 32.2. The van der Waals surface area contributed by atoms with Crippen molar-refractivity contribution in [3.8, 4) is 11.6 Å². The molecule has 0 atom stereocenters. The molecule has 4 nitrogen and oxygen atoms in total. The van der Waals surface area contributed by atoms with Gasteiger partial charge in [-0.15, -0.1) is 0 Å². The third kappa shape index (κ3) is 3.46. The minimum absolute atomic E-state index is 0.00647. The number of rotatable bonds is 4. The first-order valence-electron chi connectivity index (χ1n) is 8.34. The lowest BCUT2D eigenvalue weighted by Crippen LogP contribution is -2.29. The van der Waals surface area contributed by atoms with Crippen LogP contribution in [0.4, 0.5) is 0 Å². The van der Waals surface area contributed by atoms with E-state index in [0.717, 1.165) is 29.4 Å². The molecule has 0 saturated carbocycles. The Kier molecular flexibility index (Phi) is 4.57. The molecule has 0 saturated heterocycles. The predicted molar refractivity (Wildman–Crippen MR) is 99.6 cm³/mol. The number of hydrogen-bond donors (Lipinski definition) is 0. The van der Waals surface area contributed by atoms with Crippen LogP contribution < -0.4 is 10.3 Å². The lowest BCUT2D eigenvalue weighted by molar-refractivity contribution is 0.431. The number of fused-ring (bicyclic) bond motifs is 1. The summed E-state index contributed by atoms with van der Waals surface area (Å²) < 4.78 is 7.77. The van der Waals surface area contributed by atoms with E-state index in [1.165, 1.54) is 0 Å². The fraction of sp³-hybridized carbons (Fsp3) is 0.200. The highest BCUT2D eigenvalue weighted by molar-refractivity contribution is 7.99. The Morgan fingerprint density at radius 1 is 1.04 bits per heavy atom. The zero-order chi connectivity index (χ0) is 17.1. The molecule has 2 heterocycles. The molecular weight excluding hydrogens is 332 g/mol. The monoisotopic (exact) mass is 350 g/mol. The first-order valence-corrected chi connectivity index (χ1v) is 9.33. The molecule has 5 heteroatoms. The molecule has 0 amide bonds. The van der Waals surface area contributed by atoms with Gasteiger partial charge in [-0.25, -0.2) is 0 Å².